The van der Waals surface area contributed by atoms with E-state index in [1.807, 2.05) is 0 Å². The van der Waals surface area contributed by atoms with Gasteiger partial charge in [0.15, 0.2) is 0 Å². The van der Waals surface area contributed by atoms with E-state index < -0.39 is 17.2 Å². The predicted octanol–water partition coefficient (Wildman–Crippen LogP) is 0.221. The third kappa shape index (κ3) is 2.53. The second kappa shape index (κ2) is 5.40. The predicted molar refractivity (Wildman–Crippen MR) is 82.6 cm³/mol. The van der Waals surface area contributed by atoms with Crippen molar-refractivity contribution in [3.63, 3.8) is 0 Å². The zero-order chi connectivity index (χ0) is 16.7. The fourth-order valence-corrected chi connectivity index (χ4v) is 2.55. The smallest absolute Gasteiger partial charge is 0.329 e. The molecule has 1 amide bonds. The van der Waals surface area contributed by atoms with E-state index in [2.05, 4.69) is 9.82 Å². The summed E-state index contributed by atoms with van der Waals surface area (Å²) >= 11 is 6.14. The monoisotopic (exact) mass is 335 g/mol. The molecule has 8 nitrogen and oxygen atoms in total. The Labute approximate surface area is 133 Å². The molecule has 0 saturated heterocycles. The Morgan fingerprint density at radius 1 is 1.30 bits per heavy atom. The van der Waals surface area contributed by atoms with Crippen molar-refractivity contribution in [2.24, 2.45) is 0 Å². The number of halogens is 1. The Bertz CT molecular complexity index is 988. The second-order valence-electron chi connectivity index (χ2n) is 4.81. The van der Waals surface area contributed by atoms with E-state index in [-0.39, 0.29) is 21.8 Å². The first-order chi connectivity index (χ1) is 10.9. The molecular formula is C14H10ClN3O5. The molecule has 9 heteroatoms. The summed E-state index contributed by atoms with van der Waals surface area (Å²) in [5.41, 5.74) is -1.22. The fraction of sp³-hybridized carbons (Fsp3) is 0.143. The molecule has 0 atom stereocenters. The second-order valence-corrected chi connectivity index (χ2v) is 5.22. The number of carbonyl (C=O) groups is 2. The van der Waals surface area contributed by atoms with E-state index >= 15 is 0 Å². The highest BCUT2D eigenvalue weighted by atomic mass is 35.5. The topological polar surface area (TPSA) is 101 Å². The van der Waals surface area contributed by atoms with Crippen molar-refractivity contribution in [1.29, 1.82) is 0 Å². The minimum absolute atomic E-state index is 0.0601. The number of H-pyrrole nitrogens is 1. The van der Waals surface area contributed by atoms with Crippen LogP contribution in [-0.4, -0.2) is 28.1 Å². The van der Waals surface area contributed by atoms with Crippen LogP contribution >= 0.6 is 11.6 Å². The van der Waals surface area contributed by atoms with Crippen LogP contribution in [0.15, 0.2) is 33.9 Å². The minimum Gasteiger partial charge on any atom is -0.329 e. The molecule has 0 bridgehead atoms. The molecule has 0 radical (unpaired) electrons. The van der Waals surface area contributed by atoms with Gasteiger partial charge in [-0.2, -0.15) is 0 Å². The summed E-state index contributed by atoms with van der Waals surface area (Å²) in [4.78, 5) is 55.3. The number of rotatable bonds is 2. The number of carbonyl (C=O) groups excluding carboxylic acids is 2. The molecule has 0 spiro atoms. The van der Waals surface area contributed by atoms with Gasteiger partial charge in [-0.1, -0.05) is 22.4 Å². The minimum atomic E-state index is -0.902. The van der Waals surface area contributed by atoms with Crippen LogP contribution in [0.1, 0.15) is 6.92 Å². The van der Waals surface area contributed by atoms with Gasteiger partial charge in [-0.05, 0) is 12.1 Å². The van der Waals surface area contributed by atoms with Crippen LogP contribution in [0, 0.1) is 0 Å². The third-order valence-electron chi connectivity index (χ3n) is 3.25. The maximum Gasteiger partial charge on any atom is 0.363 e. The van der Waals surface area contributed by atoms with E-state index in [0.29, 0.717) is 17.0 Å². The summed E-state index contributed by atoms with van der Waals surface area (Å²) in [5, 5.41) is 0.264. The zero-order valence-corrected chi connectivity index (χ0v) is 12.6. The first kappa shape index (κ1) is 15.0. The van der Waals surface area contributed by atoms with Crippen molar-refractivity contribution in [1.82, 2.24) is 9.71 Å². The lowest BCUT2D eigenvalue weighted by Gasteiger charge is -2.18. The van der Waals surface area contributed by atoms with Gasteiger partial charge in [-0.3, -0.25) is 9.59 Å². The van der Waals surface area contributed by atoms with Crippen molar-refractivity contribution in [3.05, 3.63) is 50.1 Å². The molecule has 0 saturated carbocycles. The number of aromatic nitrogens is 2. The summed E-state index contributed by atoms with van der Waals surface area (Å²) in [6.07, 6.45) is 3.05. The molecule has 1 aliphatic rings. The van der Waals surface area contributed by atoms with E-state index in [4.69, 9.17) is 11.6 Å². The Morgan fingerprint density at radius 3 is 2.65 bits per heavy atom. The fourth-order valence-electron chi connectivity index (χ4n) is 2.28. The standard InChI is InChI=1S/C14H10ClN3O5/c1-7(19)23-18-13(21)8-5-11(17-4-2-3-12(17)20)9(15)6-10(8)16-14(18)22/h2-3,5-6H,4H2,1H3,(H,16,22). The van der Waals surface area contributed by atoms with E-state index in [1.54, 1.807) is 6.08 Å². The van der Waals surface area contributed by atoms with Gasteiger partial charge in [0, 0.05) is 19.5 Å². The summed E-state index contributed by atoms with van der Waals surface area (Å²) in [6.45, 7) is 1.39. The highest BCUT2D eigenvalue weighted by molar-refractivity contribution is 6.35. The molecule has 2 aromatic rings. The Balaban J connectivity index is 2.25. The number of amides is 1. The molecule has 0 aliphatic carbocycles. The maximum absolute atomic E-state index is 12.3. The zero-order valence-electron chi connectivity index (χ0n) is 11.8. The Morgan fingerprint density at radius 2 is 2.04 bits per heavy atom. The average molecular weight is 336 g/mol. The molecule has 0 unspecified atom stereocenters. The van der Waals surface area contributed by atoms with Gasteiger partial charge >= 0.3 is 11.7 Å². The largest absolute Gasteiger partial charge is 0.363 e. The van der Waals surface area contributed by atoms with Crippen molar-refractivity contribution in [2.75, 3.05) is 11.4 Å². The molecule has 1 aromatic heterocycles. The van der Waals surface area contributed by atoms with Gasteiger partial charge < -0.3 is 14.7 Å². The SMILES string of the molecule is CC(=O)On1c(=O)[nH]c2cc(Cl)c(N3CC=CC3=O)cc2c1=O. The number of benzene rings is 1. The van der Waals surface area contributed by atoms with E-state index in [1.165, 1.54) is 23.1 Å². The van der Waals surface area contributed by atoms with E-state index in [9.17, 15) is 19.2 Å². The molecule has 1 aliphatic heterocycles. The summed E-state index contributed by atoms with van der Waals surface area (Å²) < 4.78 is 0.326. The number of aromatic amines is 1. The van der Waals surface area contributed by atoms with E-state index in [0.717, 1.165) is 6.92 Å². The number of hydrogen-bond donors (Lipinski definition) is 1. The lowest BCUT2D eigenvalue weighted by Crippen LogP contribution is -2.41. The molecular weight excluding hydrogens is 326 g/mol. The molecule has 3 rings (SSSR count). The maximum atomic E-state index is 12.3. The van der Waals surface area contributed by atoms with Crippen LogP contribution < -0.4 is 21.0 Å². The summed E-state index contributed by atoms with van der Waals surface area (Å²) in [5.74, 6) is -1.08. The quantitative estimate of drug-likeness (QED) is 0.846. The summed E-state index contributed by atoms with van der Waals surface area (Å²) in [6, 6.07) is 2.75. The highest BCUT2D eigenvalue weighted by Crippen LogP contribution is 2.30. The van der Waals surface area contributed by atoms with Gasteiger partial charge in [0.1, 0.15) is 0 Å². The molecule has 118 valence electrons. The normalized spacial score (nSPS) is 13.8. The van der Waals surface area contributed by atoms with Gasteiger partial charge in [-0.25, -0.2) is 9.59 Å². The van der Waals surface area contributed by atoms with Gasteiger partial charge in [-0.15, -0.1) is 0 Å². The van der Waals surface area contributed by atoms with Crippen LogP contribution in [0.25, 0.3) is 10.9 Å². The molecule has 2 heterocycles. The highest BCUT2D eigenvalue weighted by Gasteiger charge is 2.21. The van der Waals surface area contributed by atoms with Crippen LogP contribution in [0.2, 0.25) is 5.02 Å². The molecule has 1 N–H and O–H groups in total. The van der Waals surface area contributed by atoms with Gasteiger partial charge in [0.05, 0.1) is 21.6 Å². The van der Waals surface area contributed by atoms with Crippen LogP contribution in [0.5, 0.6) is 0 Å². The van der Waals surface area contributed by atoms with Crippen molar-refractivity contribution >= 4 is 40.1 Å². The van der Waals surface area contributed by atoms with Crippen molar-refractivity contribution in [2.45, 2.75) is 6.92 Å². The number of hydrogen-bond acceptors (Lipinski definition) is 5. The van der Waals surface area contributed by atoms with Crippen LogP contribution in [0.3, 0.4) is 0 Å². The Kier molecular flexibility index (Phi) is 3.53. The first-order valence-electron chi connectivity index (χ1n) is 6.54. The van der Waals surface area contributed by atoms with Crippen molar-refractivity contribution in [3.8, 4) is 0 Å². The molecule has 23 heavy (non-hydrogen) atoms. The number of fused-ring (bicyclic) bond motifs is 1. The number of nitrogens with zero attached hydrogens (tertiary/aromatic N) is 2. The van der Waals surface area contributed by atoms with Crippen molar-refractivity contribution < 1.29 is 14.4 Å². The van der Waals surface area contributed by atoms with Crippen LogP contribution in [-0.2, 0) is 9.59 Å². The average Bonchev–Trinajstić information content (AvgIpc) is 2.89. The third-order valence-corrected chi connectivity index (χ3v) is 3.56. The molecule has 1 aromatic carbocycles. The van der Waals surface area contributed by atoms with Crippen LogP contribution in [0.4, 0.5) is 5.69 Å². The molecule has 0 fully saturated rings. The lowest BCUT2D eigenvalue weighted by molar-refractivity contribution is -0.142. The number of anilines is 1. The first-order valence-corrected chi connectivity index (χ1v) is 6.92. The lowest BCUT2D eigenvalue weighted by atomic mass is 10.2. The number of nitrogens with one attached hydrogen (secondary N) is 1. The Hall–Kier alpha value is -2.87. The van der Waals surface area contributed by atoms with Gasteiger partial charge in [0.25, 0.3) is 11.5 Å². The van der Waals surface area contributed by atoms with Gasteiger partial charge in [0.2, 0.25) is 0 Å². The summed E-state index contributed by atoms with van der Waals surface area (Å²) in [7, 11) is 0.